The molecule has 1 amide bonds. The maximum atomic E-state index is 12.7. The Morgan fingerprint density at radius 3 is 2.71 bits per heavy atom. The second kappa shape index (κ2) is 6.18. The number of nitrogens with zero attached hydrogens (tertiary/aromatic N) is 3. The molecule has 0 saturated heterocycles. The van der Waals surface area contributed by atoms with Gasteiger partial charge in [0.2, 0.25) is 0 Å². The molecule has 5 nitrogen and oxygen atoms in total. The quantitative estimate of drug-likeness (QED) is 0.944. The Bertz CT molecular complexity index is 631. The molecule has 0 spiro atoms. The zero-order chi connectivity index (χ0) is 15.6. The molecular formula is C15H19ClN4O. The lowest BCUT2D eigenvalue weighted by Gasteiger charge is -2.27. The Labute approximate surface area is 129 Å². The second-order valence-electron chi connectivity index (χ2n) is 5.23. The van der Waals surface area contributed by atoms with E-state index in [1.165, 1.54) is 10.9 Å². The van der Waals surface area contributed by atoms with Gasteiger partial charge >= 0.3 is 0 Å². The van der Waals surface area contributed by atoms with E-state index in [0.717, 1.165) is 5.56 Å². The number of benzene rings is 1. The average Bonchev–Trinajstić information content (AvgIpc) is 2.74. The first kappa shape index (κ1) is 15.4. The number of nitrogens with two attached hydrogens (primary N) is 1. The molecule has 6 heteroatoms. The Kier molecular flexibility index (Phi) is 4.53. The molecule has 0 aliphatic carbocycles. The van der Waals surface area contributed by atoms with Crippen molar-refractivity contribution in [2.45, 2.75) is 26.4 Å². The minimum Gasteiger partial charge on any atom is -0.396 e. The predicted molar refractivity (Wildman–Crippen MR) is 84.1 cm³/mol. The van der Waals surface area contributed by atoms with Gasteiger partial charge in [-0.05, 0) is 31.5 Å². The van der Waals surface area contributed by atoms with E-state index in [2.05, 4.69) is 5.10 Å². The van der Waals surface area contributed by atoms with Crippen LogP contribution in [0.3, 0.4) is 0 Å². The molecule has 0 unspecified atom stereocenters. The first-order chi connectivity index (χ1) is 9.90. The normalized spacial score (nSPS) is 10.9. The Morgan fingerprint density at radius 2 is 2.19 bits per heavy atom. The van der Waals surface area contributed by atoms with Crippen molar-refractivity contribution >= 4 is 23.2 Å². The lowest BCUT2D eigenvalue weighted by Crippen LogP contribution is -2.37. The molecule has 0 fully saturated rings. The summed E-state index contributed by atoms with van der Waals surface area (Å²) in [5, 5.41) is 4.68. The summed E-state index contributed by atoms with van der Waals surface area (Å²) < 4.78 is 1.50. The fourth-order valence-electron chi connectivity index (χ4n) is 2.17. The molecular weight excluding hydrogens is 288 g/mol. The average molecular weight is 307 g/mol. The van der Waals surface area contributed by atoms with Crippen molar-refractivity contribution in [2.75, 3.05) is 5.73 Å². The molecule has 1 heterocycles. The predicted octanol–water partition coefficient (Wildman–Crippen LogP) is 2.71. The number of hydrogen-bond donors (Lipinski definition) is 1. The smallest absolute Gasteiger partial charge is 0.274 e. The van der Waals surface area contributed by atoms with Crippen molar-refractivity contribution in [1.82, 2.24) is 14.7 Å². The van der Waals surface area contributed by atoms with Crippen molar-refractivity contribution in [1.29, 1.82) is 0 Å². The third-order valence-electron chi connectivity index (χ3n) is 3.30. The number of rotatable bonds is 4. The first-order valence-corrected chi connectivity index (χ1v) is 7.11. The van der Waals surface area contributed by atoms with E-state index in [-0.39, 0.29) is 11.9 Å². The highest BCUT2D eigenvalue weighted by Gasteiger charge is 2.24. The Morgan fingerprint density at radius 1 is 1.48 bits per heavy atom. The fraction of sp³-hybridized carbons (Fsp3) is 0.333. The van der Waals surface area contributed by atoms with Gasteiger partial charge in [0.1, 0.15) is 5.69 Å². The van der Waals surface area contributed by atoms with Crippen LogP contribution in [0.2, 0.25) is 5.02 Å². The van der Waals surface area contributed by atoms with Gasteiger partial charge < -0.3 is 10.6 Å². The summed E-state index contributed by atoms with van der Waals surface area (Å²) in [7, 11) is 1.71. The zero-order valence-electron chi connectivity index (χ0n) is 12.4. The number of carbonyl (C=O) groups excluding carboxylic acids is 1. The van der Waals surface area contributed by atoms with Gasteiger partial charge in [0.25, 0.3) is 5.91 Å². The largest absolute Gasteiger partial charge is 0.396 e. The van der Waals surface area contributed by atoms with Crippen molar-refractivity contribution in [3.05, 3.63) is 46.7 Å². The maximum absolute atomic E-state index is 12.7. The van der Waals surface area contributed by atoms with Crippen LogP contribution in [-0.4, -0.2) is 26.6 Å². The number of halogens is 1. The minimum atomic E-state index is -0.137. The maximum Gasteiger partial charge on any atom is 0.274 e. The number of aryl methyl sites for hydroxylation is 1. The van der Waals surface area contributed by atoms with Crippen LogP contribution in [0.1, 0.15) is 29.9 Å². The summed E-state index contributed by atoms with van der Waals surface area (Å²) in [5.41, 5.74) is 7.62. The molecule has 0 saturated carbocycles. The van der Waals surface area contributed by atoms with Gasteiger partial charge in [-0.3, -0.25) is 9.48 Å². The number of amides is 1. The summed E-state index contributed by atoms with van der Waals surface area (Å²) in [4.78, 5) is 14.5. The van der Waals surface area contributed by atoms with Gasteiger partial charge in [-0.15, -0.1) is 0 Å². The highest BCUT2D eigenvalue weighted by Crippen LogP contribution is 2.19. The molecule has 2 N–H and O–H groups in total. The van der Waals surface area contributed by atoms with Gasteiger partial charge in [-0.1, -0.05) is 23.7 Å². The number of aromatic nitrogens is 2. The molecule has 2 rings (SSSR count). The lowest BCUT2D eigenvalue weighted by molar-refractivity contribution is 0.0680. The third-order valence-corrected chi connectivity index (χ3v) is 3.53. The number of carbonyl (C=O) groups is 1. The SMILES string of the molecule is CC(C)N(Cc1cccc(Cl)c1)C(=O)c1c(N)cnn1C. The summed E-state index contributed by atoms with van der Waals surface area (Å²) in [5.74, 6) is -0.137. The molecule has 21 heavy (non-hydrogen) atoms. The zero-order valence-corrected chi connectivity index (χ0v) is 13.1. The Balaban J connectivity index is 2.29. The van der Waals surface area contributed by atoms with Crippen LogP contribution in [0.5, 0.6) is 0 Å². The fourth-order valence-corrected chi connectivity index (χ4v) is 2.39. The van der Waals surface area contributed by atoms with Crippen LogP contribution < -0.4 is 5.73 Å². The number of anilines is 1. The summed E-state index contributed by atoms with van der Waals surface area (Å²) in [6, 6.07) is 7.52. The van der Waals surface area contributed by atoms with E-state index in [1.807, 2.05) is 38.1 Å². The molecule has 0 aliphatic rings. The highest BCUT2D eigenvalue weighted by atomic mass is 35.5. The lowest BCUT2D eigenvalue weighted by atomic mass is 10.1. The standard InChI is InChI=1S/C15H19ClN4O/c1-10(2)20(9-11-5-4-6-12(16)7-11)15(21)14-13(17)8-18-19(14)3/h4-8,10H,9,17H2,1-3H3. The monoisotopic (exact) mass is 306 g/mol. The highest BCUT2D eigenvalue weighted by molar-refractivity contribution is 6.30. The third kappa shape index (κ3) is 3.36. The van der Waals surface area contributed by atoms with Crippen molar-refractivity contribution in [3.63, 3.8) is 0 Å². The second-order valence-corrected chi connectivity index (χ2v) is 5.67. The molecule has 1 aromatic carbocycles. The summed E-state index contributed by atoms with van der Waals surface area (Å²) in [6.45, 7) is 4.41. The molecule has 112 valence electrons. The van der Waals surface area contributed by atoms with Crippen LogP contribution in [0.15, 0.2) is 30.5 Å². The van der Waals surface area contributed by atoms with E-state index in [0.29, 0.717) is 22.9 Å². The van der Waals surface area contributed by atoms with Crippen LogP contribution in [0.4, 0.5) is 5.69 Å². The van der Waals surface area contributed by atoms with Crippen molar-refractivity contribution in [3.8, 4) is 0 Å². The van der Waals surface area contributed by atoms with Crippen LogP contribution >= 0.6 is 11.6 Å². The van der Waals surface area contributed by atoms with E-state index in [1.54, 1.807) is 11.9 Å². The van der Waals surface area contributed by atoms with E-state index >= 15 is 0 Å². The molecule has 0 bridgehead atoms. The molecule has 0 radical (unpaired) electrons. The molecule has 0 aliphatic heterocycles. The van der Waals surface area contributed by atoms with E-state index in [9.17, 15) is 4.79 Å². The van der Waals surface area contributed by atoms with Crippen molar-refractivity contribution < 1.29 is 4.79 Å². The first-order valence-electron chi connectivity index (χ1n) is 6.73. The molecule has 2 aromatic rings. The van der Waals surface area contributed by atoms with E-state index in [4.69, 9.17) is 17.3 Å². The molecule has 1 aromatic heterocycles. The number of nitrogen functional groups attached to an aromatic ring is 1. The van der Waals surface area contributed by atoms with Gasteiger partial charge in [0, 0.05) is 24.7 Å². The summed E-state index contributed by atoms with van der Waals surface area (Å²) in [6.07, 6.45) is 1.49. The topological polar surface area (TPSA) is 64.2 Å². The van der Waals surface area contributed by atoms with Crippen LogP contribution in [-0.2, 0) is 13.6 Å². The van der Waals surface area contributed by atoms with Crippen molar-refractivity contribution in [2.24, 2.45) is 7.05 Å². The van der Waals surface area contributed by atoms with Crippen LogP contribution in [0.25, 0.3) is 0 Å². The van der Waals surface area contributed by atoms with E-state index < -0.39 is 0 Å². The minimum absolute atomic E-state index is 0.0331. The van der Waals surface area contributed by atoms with Crippen LogP contribution in [0, 0.1) is 0 Å². The van der Waals surface area contributed by atoms with Gasteiger partial charge in [-0.25, -0.2) is 0 Å². The molecule has 0 atom stereocenters. The van der Waals surface area contributed by atoms with Gasteiger partial charge in [0.05, 0.1) is 11.9 Å². The van der Waals surface area contributed by atoms with Gasteiger partial charge in [-0.2, -0.15) is 5.10 Å². The number of hydrogen-bond acceptors (Lipinski definition) is 3. The van der Waals surface area contributed by atoms with Gasteiger partial charge in [0.15, 0.2) is 0 Å². The Hall–Kier alpha value is -2.01. The summed E-state index contributed by atoms with van der Waals surface area (Å²) >= 11 is 6.00.